The number of hydrogen-bond acceptors (Lipinski definition) is 4. The predicted molar refractivity (Wildman–Crippen MR) is 50.8 cm³/mol. The van der Waals surface area contributed by atoms with Crippen molar-refractivity contribution in [1.82, 2.24) is 4.90 Å². The van der Waals surface area contributed by atoms with Crippen LogP contribution in [-0.4, -0.2) is 52.2 Å². The largest absolute Gasteiger partial charge is 0.389 e. The Hall–Kier alpha value is -0.450. The molecule has 0 bridgehead atoms. The van der Waals surface area contributed by atoms with Gasteiger partial charge in [0.25, 0.3) is 0 Å². The van der Waals surface area contributed by atoms with Crippen molar-refractivity contribution in [3.63, 3.8) is 0 Å². The molecule has 0 aromatic carbocycles. The van der Waals surface area contributed by atoms with Crippen molar-refractivity contribution >= 4 is 5.78 Å². The normalized spacial score (nSPS) is 36.6. The predicted octanol–water partition coefficient (Wildman–Crippen LogP) is -0.465. The number of ketones is 1. The number of carbonyl (C=O) groups excluding carboxylic acids is 1. The summed E-state index contributed by atoms with van der Waals surface area (Å²) < 4.78 is 0. The van der Waals surface area contributed by atoms with Crippen LogP contribution in [0.4, 0.5) is 0 Å². The third-order valence-corrected chi connectivity index (χ3v) is 3.32. The van der Waals surface area contributed by atoms with Gasteiger partial charge in [0.2, 0.25) is 0 Å². The maximum atomic E-state index is 11.0. The molecular formula is C10H17NO3. The number of aliphatic hydroxyl groups is 2. The molecule has 2 fully saturated rings. The summed E-state index contributed by atoms with van der Waals surface area (Å²) in [7, 11) is 0. The lowest BCUT2D eigenvalue weighted by molar-refractivity contribution is -0.121. The van der Waals surface area contributed by atoms with Gasteiger partial charge in [-0.25, -0.2) is 0 Å². The van der Waals surface area contributed by atoms with Gasteiger partial charge in [-0.3, -0.25) is 9.69 Å². The quantitative estimate of drug-likeness (QED) is 0.599. The maximum Gasteiger partial charge on any atom is 0.133 e. The van der Waals surface area contributed by atoms with Crippen LogP contribution >= 0.6 is 0 Å². The van der Waals surface area contributed by atoms with Gasteiger partial charge < -0.3 is 10.2 Å². The topological polar surface area (TPSA) is 60.8 Å². The van der Waals surface area contributed by atoms with Crippen molar-refractivity contribution in [3.8, 4) is 0 Å². The minimum absolute atomic E-state index is 0.349. The van der Waals surface area contributed by atoms with Crippen LogP contribution in [0.5, 0.6) is 0 Å². The summed E-state index contributed by atoms with van der Waals surface area (Å²) in [5, 5.41) is 18.8. The number of aliphatic hydroxyl groups excluding tert-OH is 2. The van der Waals surface area contributed by atoms with Gasteiger partial charge in [-0.05, 0) is 12.8 Å². The van der Waals surface area contributed by atoms with Gasteiger partial charge in [-0.2, -0.15) is 0 Å². The van der Waals surface area contributed by atoms with Gasteiger partial charge in [-0.1, -0.05) is 0 Å². The highest BCUT2D eigenvalue weighted by Crippen LogP contribution is 2.24. The molecule has 14 heavy (non-hydrogen) atoms. The molecule has 0 amide bonds. The lowest BCUT2D eigenvalue weighted by atomic mass is 9.93. The van der Waals surface area contributed by atoms with Crippen molar-refractivity contribution in [2.75, 3.05) is 13.1 Å². The van der Waals surface area contributed by atoms with E-state index in [1.54, 1.807) is 0 Å². The highest BCUT2D eigenvalue weighted by molar-refractivity contribution is 5.79. The Morgan fingerprint density at radius 1 is 1.07 bits per heavy atom. The van der Waals surface area contributed by atoms with E-state index in [4.69, 9.17) is 0 Å². The molecule has 1 aliphatic carbocycles. The Morgan fingerprint density at radius 2 is 1.57 bits per heavy atom. The molecule has 2 atom stereocenters. The van der Waals surface area contributed by atoms with Crippen molar-refractivity contribution in [2.24, 2.45) is 0 Å². The number of carbonyl (C=O) groups is 1. The van der Waals surface area contributed by atoms with Crippen LogP contribution in [0.2, 0.25) is 0 Å². The minimum Gasteiger partial charge on any atom is -0.389 e. The molecule has 2 rings (SSSR count). The number of rotatable bonds is 1. The summed E-state index contributed by atoms with van der Waals surface area (Å²) >= 11 is 0. The van der Waals surface area contributed by atoms with E-state index >= 15 is 0 Å². The zero-order valence-electron chi connectivity index (χ0n) is 8.22. The Bertz CT molecular complexity index is 211. The first-order valence-corrected chi connectivity index (χ1v) is 5.28. The fraction of sp³-hybridized carbons (Fsp3) is 0.900. The van der Waals surface area contributed by atoms with Gasteiger partial charge in [0.05, 0.1) is 12.2 Å². The summed E-state index contributed by atoms with van der Waals surface area (Å²) in [6.45, 7) is 1.11. The fourth-order valence-electron chi connectivity index (χ4n) is 2.39. The molecule has 2 unspecified atom stereocenters. The van der Waals surface area contributed by atoms with E-state index in [9.17, 15) is 15.0 Å². The third-order valence-electron chi connectivity index (χ3n) is 3.32. The van der Waals surface area contributed by atoms with Gasteiger partial charge >= 0.3 is 0 Å². The summed E-state index contributed by atoms with van der Waals surface area (Å²) in [5.41, 5.74) is 0. The number of nitrogens with zero attached hydrogens (tertiary/aromatic N) is 1. The number of Topliss-reactive ketones (excluding diaryl/α,β-unsaturated/α-hetero) is 1. The Morgan fingerprint density at radius 3 is 2.07 bits per heavy atom. The molecule has 0 radical (unpaired) electrons. The van der Waals surface area contributed by atoms with E-state index in [-0.39, 0.29) is 0 Å². The molecule has 80 valence electrons. The first-order chi connectivity index (χ1) is 6.66. The molecule has 4 nitrogen and oxygen atoms in total. The highest BCUT2D eigenvalue weighted by Gasteiger charge is 2.34. The van der Waals surface area contributed by atoms with E-state index in [1.165, 1.54) is 0 Å². The average molecular weight is 199 g/mol. The summed E-state index contributed by atoms with van der Waals surface area (Å²) in [4.78, 5) is 13.1. The minimum atomic E-state index is -0.604. The first kappa shape index (κ1) is 10.1. The molecule has 0 aromatic rings. The SMILES string of the molecule is O=C1CCC(N2CC(O)C(O)C2)CC1. The Kier molecular flexibility index (Phi) is 2.85. The molecule has 0 aromatic heterocycles. The van der Waals surface area contributed by atoms with Crippen LogP contribution in [0.15, 0.2) is 0 Å². The monoisotopic (exact) mass is 199 g/mol. The van der Waals surface area contributed by atoms with Crippen LogP contribution in [0, 0.1) is 0 Å². The summed E-state index contributed by atoms with van der Waals surface area (Å²) in [6, 6.07) is 0.388. The maximum absolute atomic E-state index is 11.0. The number of hydrogen-bond donors (Lipinski definition) is 2. The Balaban J connectivity index is 1.88. The molecule has 2 aliphatic rings. The van der Waals surface area contributed by atoms with Crippen molar-refractivity contribution in [1.29, 1.82) is 0 Å². The molecule has 4 heteroatoms. The average Bonchev–Trinajstić information content (AvgIpc) is 2.48. The van der Waals surface area contributed by atoms with E-state index in [0.29, 0.717) is 37.8 Å². The number of β-amino-alcohol motifs (C(OH)–C–C–N with tert-alkyl or cyclic N) is 2. The third kappa shape index (κ3) is 1.97. The van der Waals surface area contributed by atoms with Crippen molar-refractivity contribution in [3.05, 3.63) is 0 Å². The highest BCUT2D eigenvalue weighted by atomic mass is 16.3. The summed E-state index contributed by atoms with van der Waals surface area (Å²) in [5.74, 6) is 0.349. The van der Waals surface area contributed by atoms with Gasteiger partial charge in [0.1, 0.15) is 5.78 Å². The molecule has 1 saturated carbocycles. The summed E-state index contributed by atoms with van der Waals surface area (Å²) in [6.07, 6.45) is 1.89. The van der Waals surface area contributed by atoms with Crippen LogP contribution < -0.4 is 0 Å². The van der Waals surface area contributed by atoms with Crippen LogP contribution in [0.3, 0.4) is 0 Å². The van der Waals surface area contributed by atoms with Gasteiger partial charge in [-0.15, -0.1) is 0 Å². The van der Waals surface area contributed by atoms with Crippen molar-refractivity contribution < 1.29 is 15.0 Å². The Labute approximate surface area is 83.5 Å². The first-order valence-electron chi connectivity index (χ1n) is 5.28. The van der Waals surface area contributed by atoms with Gasteiger partial charge in [0.15, 0.2) is 0 Å². The molecular weight excluding hydrogens is 182 g/mol. The van der Waals surface area contributed by atoms with Gasteiger partial charge in [0, 0.05) is 32.0 Å². The second-order valence-corrected chi connectivity index (χ2v) is 4.36. The zero-order chi connectivity index (χ0) is 10.1. The second kappa shape index (κ2) is 3.96. The van der Waals surface area contributed by atoms with Crippen molar-refractivity contribution in [2.45, 2.75) is 43.9 Å². The standard InChI is InChI=1S/C10H17NO3/c12-8-3-1-7(2-4-8)11-5-9(13)10(14)6-11/h7,9-10,13-14H,1-6H2. The lowest BCUT2D eigenvalue weighted by Crippen LogP contribution is -2.37. The van der Waals surface area contributed by atoms with E-state index in [1.807, 2.05) is 0 Å². The molecule has 2 N–H and O–H groups in total. The molecule has 1 saturated heterocycles. The zero-order valence-corrected chi connectivity index (χ0v) is 8.22. The smallest absolute Gasteiger partial charge is 0.133 e. The van der Waals surface area contributed by atoms with E-state index < -0.39 is 12.2 Å². The van der Waals surface area contributed by atoms with Crippen LogP contribution in [0.1, 0.15) is 25.7 Å². The van der Waals surface area contributed by atoms with Crippen LogP contribution in [-0.2, 0) is 4.79 Å². The van der Waals surface area contributed by atoms with Crippen LogP contribution in [0.25, 0.3) is 0 Å². The number of likely N-dealkylation sites (tertiary alicyclic amines) is 1. The van der Waals surface area contributed by atoms with E-state index in [2.05, 4.69) is 4.90 Å². The molecule has 0 spiro atoms. The van der Waals surface area contributed by atoms with E-state index in [0.717, 1.165) is 12.8 Å². The fourth-order valence-corrected chi connectivity index (χ4v) is 2.39. The lowest BCUT2D eigenvalue weighted by Gasteiger charge is -2.30. The second-order valence-electron chi connectivity index (χ2n) is 4.36. The molecule has 1 aliphatic heterocycles. The molecule has 1 heterocycles.